The molecule has 2 aromatic heterocycles. The molecule has 2 amide bonds. The van der Waals surface area contributed by atoms with Crippen molar-refractivity contribution in [3.05, 3.63) is 53.4 Å². The number of thiophene rings is 1. The first kappa shape index (κ1) is 23.3. The van der Waals surface area contributed by atoms with Crippen molar-refractivity contribution in [2.45, 2.75) is 19.6 Å². The Kier molecular flexibility index (Phi) is 6.69. The fraction of sp³-hybridized carbons (Fsp3) is 0.375. The van der Waals surface area contributed by atoms with Crippen LogP contribution in [0.15, 0.2) is 46.3 Å². The molecule has 2 saturated heterocycles. The van der Waals surface area contributed by atoms with E-state index in [2.05, 4.69) is 15.4 Å². The third-order valence-corrected chi connectivity index (χ3v) is 7.01. The molecule has 0 radical (unpaired) electrons. The van der Waals surface area contributed by atoms with Gasteiger partial charge in [0, 0.05) is 39.2 Å². The summed E-state index contributed by atoms with van der Waals surface area (Å²) >= 11 is 1.62. The molecule has 4 heterocycles. The Labute approximate surface area is 206 Å². The molecule has 1 aromatic carbocycles. The topological polar surface area (TPSA) is 91.2 Å². The van der Waals surface area contributed by atoms with E-state index in [1.165, 1.54) is 17.9 Å². The Morgan fingerprint density at radius 1 is 1.23 bits per heavy atom. The zero-order valence-electron chi connectivity index (χ0n) is 19.3. The van der Waals surface area contributed by atoms with Gasteiger partial charge in [-0.3, -0.25) is 14.6 Å². The second-order valence-corrected chi connectivity index (χ2v) is 9.56. The molecule has 184 valence electrons. The van der Waals surface area contributed by atoms with E-state index in [0.717, 1.165) is 29.4 Å². The number of amides is 2. The Hall–Kier alpha value is -3.44. The summed E-state index contributed by atoms with van der Waals surface area (Å²) in [6.45, 7) is 5.42. The summed E-state index contributed by atoms with van der Waals surface area (Å²) in [7, 11) is 0. The fourth-order valence-electron chi connectivity index (χ4n) is 4.31. The first-order chi connectivity index (χ1) is 17.0. The van der Waals surface area contributed by atoms with Gasteiger partial charge < -0.3 is 19.5 Å². The maximum absolute atomic E-state index is 15.0. The summed E-state index contributed by atoms with van der Waals surface area (Å²) in [6, 6.07) is 10.8. The predicted molar refractivity (Wildman–Crippen MR) is 130 cm³/mol. The number of carbonyl (C=O) groups is 2. The molecule has 2 aliphatic heterocycles. The Bertz CT molecular complexity index is 1190. The average molecular weight is 500 g/mol. The monoisotopic (exact) mass is 499 g/mol. The standard InChI is InChI=1S/C24H26FN5O4S/c1-16(31)26-13-19-15-30(24(32)33-19)17-4-5-22(20(25)11-17)29-8-6-28(7-9-29)14-18-12-21(27-34-18)23-3-2-10-35-23/h2-5,10-12,19H,6-9,13-15H2,1H3,(H,26,31)/t19-/m0/s1. The van der Waals surface area contributed by atoms with Gasteiger partial charge in [-0.2, -0.15) is 0 Å². The van der Waals surface area contributed by atoms with Crippen molar-refractivity contribution in [3.8, 4) is 10.6 Å². The average Bonchev–Trinajstić information content (AvgIpc) is 3.59. The number of hydrogen-bond acceptors (Lipinski definition) is 8. The summed E-state index contributed by atoms with van der Waals surface area (Å²) in [5.74, 6) is 0.232. The van der Waals surface area contributed by atoms with Crippen LogP contribution in [0.3, 0.4) is 0 Å². The van der Waals surface area contributed by atoms with E-state index in [1.54, 1.807) is 23.5 Å². The molecule has 1 N–H and O–H groups in total. The van der Waals surface area contributed by atoms with Gasteiger partial charge in [0.1, 0.15) is 17.6 Å². The van der Waals surface area contributed by atoms with Gasteiger partial charge in [0.2, 0.25) is 5.91 Å². The Morgan fingerprint density at radius 3 is 2.77 bits per heavy atom. The summed E-state index contributed by atoms with van der Waals surface area (Å²) in [5, 5.41) is 8.80. The molecule has 2 fully saturated rings. The molecule has 5 rings (SSSR count). The van der Waals surface area contributed by atoms with Crippen LogP contribution in [0.4, 0.5) is 20.6 Å². The number of hydrogen-bond donors (Lipinski definition) is 1. The number of ether oxygens (including phenoxy) is 1. The lowest BCUT2D eigenvalue weighted by atomic mass is 10.2. The Morgan fingerprint density at radius 2 is 2.06 bits per heavy atom. The lowest BCUT2D eigenvalue weighted by Crippen LogP contribution is -2.46. The zero-order chi connectivity index (χ0) is 24.4. The van der Waals surface area contributed by atoms with Gasteiger partial charge in [0.25, 0.3) is 0 Å². The van der Waals surface area contributed by atoms with Crippen LogP contribution in [0.5, 0.6) is 0 Å². The van der Waals surface area contributed by atoms with Crippen LogP contribution in [0.2, 0.25) is 0 Å². The second-order valence-electron chi connectivity index (χ2n) is 8.61. The van der Waals surface area contributed by atoms with E-state index in [9.17, 15) is 9.59 Å². The largest absolute Gasteiger partial charge is 0.442 e. The van der Waals surface area contributed by atoms with Crippen molar-refractivity contribution in [3.63, 3.8) is 0 Å². The van der Waals surface area contributed by atoms with E-state index >= 15 is 4.39 Å². The maximum Gasteiger partial charge on any atom is 0.414 e. The van der Waals surface area contributed by atoms with Gasteiger partial charge in [-0.1, -0.05) is 11.2 Å². The minimum Gasteiger partial charge on any atom is -0.442 e. The third kappa shape index (κ3) is 5.30. The van der Waals surface area contributed by atoms with Crippen LogP contribution in [0.1, 0.15) is 12.7 Å². The first-order valence-corrected chi connectivity index (χ1v) is 12.3. The molecule has 0 bridgehead atoms. The highest BCUT2D eigenvalue weighted by atomic mass is 32.1. The number of nitrogens with zero attached hydrogens (tertiary/aromatic N) is 4. The van der Waals surface area contributed by atoms with Crippen molar-refractivity contribution in [2.24, 2.45) is 0 Å². The molecule has 2 aliphatic rings. The number of anilines is 2. The van der Waals surface area contributed by atoms with Crippen molar-refractivity contribution in [1.82, 2.24) is 15.4 Å². The maximum atomic E-state index is 15.0. The number of cyclic esters (lactones) is 1. The van der Waals surface area contributed by atoms with Gasteiger partial charge in [0.15, 0.2) is 5.76 Å². The van der Waals surface area contributed by atoms with E-state index in [4.69, 9.17) is 9.26 Å². The van der Waals surface area contributed by atoms with Crippen LogP contribution in [0, 0.1) is 5.82 Å². The van der Waals surface area contributed by atoms with Gasteiger partial charge in [-0.15, -0.1) is 11.3 Å². The van der Waals surface area contributed by atoms with Crippen molar-refractivity contribution >= 4 is 34.7 Å². The minimum atomic E-state index is -0.546. The molecule has 0 unspecified atom stereocenters. The predicted octanol–water partition coefficient (Wildman–Crippen LogP) is 3.33. The van der Waals surface area contributed by atoms with Gasteiger partial charge >= 0.3 is 6.09 Å². The molecule has 3 aromatic rings. The first-order valence-electron chi connectivity index (χ1n) is 11.4. The number of halogens is 1. The highest BCUT2D eigenvalue weighted by Crippen LogP contribution is 2.29. The van der Waals surface area contributed by atoms with E-state index < -0.39 is 12.2 Å². The highest BCUT2D eigenvalue weighted by molar-refractivity contribution is 7.13. The minimum absolute atomic E-state index is 0.195. The molecule has 0 saturated carbocycles. The van der Waals surface area contributed by atoms with Crippen LogP contribution in [-0.4, -0.2) is 67.4 Å². The third-order valence-electron chi connectivity index (χ3n) is 6.12. The summed E-state index contributed by atoms with van der Waals surface area (Å²) in [6.07, 6.45) is -1.01. The number of carbonyl (C=O) groups excluding carboxylic acids is 2. The Balaban J connectivity index is 1.16. The number of piperazine rings is 1. The molecule has 11 heteroatoms. The van der Waals surface area contributed by atoms with Crippen LogP contribution in [-0.2, 0) is 16.1 Å². The van der Waals surface area contributed by atoms with E-state index in [0.29, 0.717) is 31.0 Å². The quantitative estimate of drug-likeness (QED) is 0.533. The molecular weight excluding hydrogens is 473 g/mol. The number of aromatic nitrogens is 1. The van der Waals surface area contributed by atoms with E-state index in [1.807, 2.05) is 28.5 Å². The van der Waals surface area contributed by atoms with Gasteiger partial charge in [-0.05, 0) is 29.6 Å². The van der Waals surface area contributed by atoms with Crippen LogP contribution in [0.25, 0.3) is 10.6 Å². The molecule has 35 heavy (non-hydrogen) atoms. The summed E-state index contributed by atoms with van der Waals surface area (Å²) in [4.78, 5) is 30.1. The van der Waals surface area contributed by atoms with E-state index in [-0.39, 0.29) is 24.8 Å². The zero-order valence-corrected chi connectivity index (χ0v) is 20.1. The van der Waals surface area contributed by atoms with Gasteiger partial charge in [0.05, 0.1) is 35.9 Å². The summed E-state index contributed by atoms with van der Waals surface area (Å²) in [5.41, 5.74) is 1.79. The van der Waals surface area contributed by atoms with Crippen LogP contribution < -0.4 is 15.1 Å². The fourth-order valence-corrected chi connectivity index (χ4v) is 4.99. The number of rotatable bonds is 7. The van der Waals surface area contributed by atoms with Crippen molar-refractivity contribution in [2.75, 3.05) is 49.1 Å². The molecule has 0 aliphatic carbocycles. The van der Waals surface area contributed by atoms with Crippen LogP contribution >= 0.6 is 11.3 Å². The smallest absolute Gasteiger partial charge is 0.414 e. The van der Waals surface area contributed by atoms with Crippen molar-refractivity contribution in [1.29, 1.82) is 0 Å². The number of nitrogens with one attached hydrogen (secondary N) is 1. The second kappa shape index (κ2) is 10.0. The molecule has 1 atom stereocenters. The highest BCUT2D eigenvalue weighted by Gasteiger charge is 2.33. The molecule has 9 nitrogen and oxygen atoms in total. The van der Waals surface area contributed by atoms with Gasteiger partial charge in [-0.25, -0.2) is 9.18 Å². The number of benzene rings is 1. The normalized spacial score (nSPS) is 18.7. The SMILES string of the molecule is CC(=O)NC[C@H]1CN(c2ccc(N3CCN(Cc4cc(-c5cccs5)no4)CC3)c(F)c2)C(=O)O1. The molecule has 0 spiro atoms. The lowest BCUT2D eigenvalue weighted by molar-refractivity contribution is -0.119. The molecular formula is C24H26FN5O4S. The lowest BCUT2D eigenvalue weighted by Gasteiger charge is -2.35. The summed E-state index contributed by atoms with van der Waals surface area (Å²) < 4.78 is 25.8. The van der Waals surface area contributed by atoms with Crippen molar-refractivity contribution < 1.29 is 23.2 Å².